The number of halogens is 3. The molecule has 0 unspecified atom stereocenters. The summed E-state index contributed by atoms with van der Waals surface area (Å²) in [6.45, 7) is -0.119. The van der Waals surface area contributed by atoms with Gasteiger partial charge in [0, 0.05) is 20.6 Å². The van der Waals surface area contributed by atoms with E-state index in [4.69, 9.17) is 44.3 Å². The van der Waals surface area contributed by atoms with E-state index in [1.165, 1.54) is 0 Å². The first-order valence-electron chi connectivity index (χ1n) is 6.02. The lowest BCUT2D eigenvalue weighted by atomic mass is 10.2. The Balaban J connectivity index is 1.80. The first-order chi connectivity index (χ1) is 10.0. The van der Waals surface area contributed by atoms with Gasteiger partial charge in [0.2, 0.25) is 0 Å². The van der Waals surface area contributed by atoms with E-state index in [-0.39, 0.29) is 13.2 Å². The van der Waals surface area contributed by atoms with Crippen LogP contribution in [-0.4, -0.2) is 12.6 Å². The normalized spacial score (nSPS) is 10.2. The molecule has 2 aromatic carbocycles. The molecule has 0 aliphatic rings. The van der Waals surface area contributed by atoms with Gasteiger partial charge in [-0.3, -0.25) is 0 Å². The van der Waals surface area contributed by atoms with Gasteiger partial charge in [0.1, 0.15) is 12.4 Å². The van der Waals surface area contributed by atoms with Gasteiger partial charge in [-0.05, 0) is 36.4 Å². The van der Waals surface area contributed by atoms with Crippen molar-refractivity contribution >= 4 is 40.8 Å². The van der Waals surface area contributed by atoms with Gasteiger partial charge in [0.25, 0.3) is 0 Å². The molecule has 0 N–H and O–H groups in total. The van der Waals surface area contributed by atoms with Crippen LogP contribution in [0.1, 0.15) is 5.56 Å². The van der Waals surface area contributed by atoms with Crippen LogP contribution in [0.3, 0.4) is 0 Å². The highest BCUT2D eigenvalue weighted by Gasteiger charge is 2.07. The summed E-state index contributed by atoms with van der Waals surface area (Å²) in [7, 11) is 0. The van der Waals surface area contributed by atoms with Gasteiger partial charge in [-0.1, -0.05) is 40.9 Å². The summed E-state index contributed by atoms with van der Waals surface area (Å²) < 4.78 is 10.3. The van der Waals surface area contributed by atoms with Crippen molar-refractivity contribution in [3.05, 3.63) is 63.1 Å². The van der Waals surface area contributed by atoms with Crippen LogP contribution in [0.4, 0.5) is 0 Å². The Labute approximate surface area is 137 Å². The number of ether oxygens (including phenoxy) is 2. The average Bonchev–Trinajstić information content (AvgIpc) is 2.46. The standard InChI is InChI=1S/C15H11Cl3O3/c16-11-3-5-13(6-4-11)20-9-15(19)21-8-10-1-2-12(17)7-14(10)18/h1-7H,8-9H2. The number of rotatable bonds is 5. The van der Waals surface area contributed by atoms with Gasteiger partial charge >= 0.3 is 5.97 Å². The monoisotopic (exact) mass is 344 g/mol. The van der Waals surface area contributed by atoms with Crippen molar-refractivity contribution in [3.8, 4) is 5.75 Å². The van der Waals surface area contributed by atoms with Crippen LogP contribution in [0.2, 0.25) is 15.1 Å². The van der Waals surface area contributed by atoms with Crippen LogP contribution in [-0.2, 0) is 16.1 Å². The lowest BCUT2D eigenvalue weighted by Crippen LogP contribution is -2.14. The van der Waals surface area contributed by atoms with Gasteiger partial charge in [-0.25, -0.2) is 4.79 Å². The maximum Gasteiger partial charge on any atom is 0.344 e. The fourth-order valence-electron chi connectivity index (χ4n) is 1.51. The number of hydrogen-bond acceptors (Lipinski definition) is 3. The van der Waals surface area contributed by atoms with E-state index in [2.05, 4.69) is 0 Å². The summed E-state index contributed by atoms with van der Waals surface area (Å²) in [6.07, 6.45) is 0. The summed E-state index contributed by atoms with van der Waals surface area (Å²) in [5, 5.41) is 1.58. The van der Waals surface area contributed by atoms with Crippen molar-refractivity contribution in [2.45, 2.75) is 6.61 Å². The van der Waals surface area contributed by atoms with E-state index in [9.17, 15) is 4.79 Å². The first kappa shape index (κ1) is 16.0. The molecular weight excluding hydrogens is 335 g/mol. The Hall–Kier alpha value is -1.42. The molecular formula is C15H11Cl3O3. The Morgan fingerprint density at radius 1 is 0.952 bits per heavy atom. The lowest BCUT2D eigenvalue weighted by Gasteiger charge is -2.08. The smallest absolute Gasteiger partial charge is 0.344 e. The predicted molar refractivity (Wildman–Crippen MR) is 83.2 cm³/mol. The number of benzene rings is 2. The average molecular weight is 346 g/mol. The van der Waals surface area contributed by atoms with Gasteiger partial charge in [-0.2, -0.15) is 0 Å². The maximum absolute atomic E-state index is 11.6. The Morgan fingerprint density at radius 3 is 2.29 bits per heavy atom. The van der Waals surface area contributed by atoms with E-state index in [0.717, 1.165) is 0 Å². The highest BCUT2D eigenvalue weighted by molar-refractivity contribution is 6.35. The van der Waals surface area contributed by atoms with Gasteiger partial charge in [0.05, 0.1) is 0 Å². The number of carbonyl (C=O) groups is 1. The van der Waals surface area contributed by atoms with Crippen LogP contribution < -0.4 is 4.74 Å². The molecule has 0 aliphatic heterocycles. The van der Waals surface area contributed by atoms with Crippen molar-refractivity contribution in [3.63, 3.8) is 0 Å². The lowest BCUT2D eigenvalue weighted by molar-refractivity contribution is -0.147. The van der Waals surface area contributed by atoms with Crippen LogP contribution in [0.5, 0.6) is 5.75 Å². The zero-order valence-electron chi connectivity index (χ0n) is 10.8. The van der Waals surface area contributed by atoms with Crippen LogP contribution in [0.15, 0.2) is 42.5 Å². The molecule has 0 radical (unpaired) electrons. The van der Waals surface area contributed by atoms with Crippen LogP contribution in [0, 0.1) is 0 Å². The first-order valence-corrected chi connectivity index (χ1v) is 7.16. The molecule has 0 aromatic heterocycles. The Morgan fingerprint density at radius 2 is 1.62 bits per heavy atom. The SMILES string of the molecule is O=C(COc1ccc(Cl)cc1)OCc1ccc(Cl)cc1Cl. The second-order valence-electron chi connectivity index (χ2n) is 4.14. The molecule has 110 valence electrons. The quantitative estimate of drug-likeness (QED) is 0.732. The molecule has 3 nitrogen and oxygen atoms in total. The number of hydrogen-bond donors (Lipinski definition) is 0. The van der Waals surface area contributed by atoms with E-state index in [0.29, 0.717) is 26.4 Å². The van der Waals surface area contributed by atoms with E-state index >= 15 is 0 Å². The summed E-state index contributed by atoms with van der Waals surface area (Å²) in [4.78, 5) is 11.6. The van der Waals surface area contributed by atoms with Crippen molar-refractivity contribution in [2.24, 2.45) is 0 Å². The molecule has 2 rings (SSSR count). The van der Waals surface area contributed by atoms with Crippen molar-refractivity contribution in [1.82, 2.24) is 0 Å². The van der Waals surface area contributed by atoms with Gasteiger partial charge < -0.3 is 9.47 Å². The molecule has 0 heterocycles. The molecule has 6 heteroatoms. The maximum atomic E-state index is 11.6. The summed E-state index contributed by atoms with van der Waals surface area (Å²) in [6, 6.07) is 11.7. The molecule has 0 amide bonds. The molecule has 21 heavy (non-hydrogen) atoms. The second kappa shape index (κ2) is 7.55. The molecule has 0 saturated carbocycles. The minimum absolute atomic E-state index is 0.0683. The van der Waals surface area contributed by atoms with E-state index < -0.39 is 5.97 Å². The Kier molecular flexibility index (Phi) is 5.74. The molecule has 0 saturated heterocycles. The minimum Gasteiger partial charge on any atom is -0.482 e. The molecule has 0 aliphatic carbocycles. The topological polar surface area (TPSA) is 35.5 Å². The highest BCUT2D eigenvalue weighted by atomic mass is 35.5. The minimum atomic E-state index is -0.490. The van der Waals surface area contributed by atoms with Crippen LogP contribution in [0.25, 0.3) is 0 Å². The molecule has 0 spiro atoms. The number of esters is 1. The summed E-state index contributed by atoms with van der Waals surface area (Å²) in [5.41, 5.74) is 0.681. The fraction of sp³-hybridized carbons (Fsp3) is 0.133. The number of carbonyl (C=O) groups excluding carboxylic acids is 1. The molecule has 0 atom stereocenters. The highest BCUT2D eigenvalue weighted by Crippen LogP contribution is 2.21. The fourth-order valence-corrected chi connectivity index (χ4v) is 2.10. The zero-order chi connectivity index (χ0) is 15.2. The third kappa shape index (κ3) is 5.12. The molecule has 2 aromatic rings. The second-order valence-corrected chi connectivity index (χ2v) is 5.42. The van der Waals surface area contributed by atoms with Gasteiger partial charge in [0.15, 0.2) is 6.61 Å². The molecule has 0 fully saturated rings. The summed E-state index contributed by atoms with van der Waals surface area (Å²) >= 11 is 17.5. The van der Waals surface area contributed by atoms with Crippen molar-refractivity contribution in [2.75, 3.05) is 6.61 Å². The third-order valence-corrected chi connectivity index (χ3v) is 3.41. The third-order valence-electron chi connectivity index (χ3n) is 2.57. The van der Waals surface area contributed by atoms with E-state index in [1.807, 2.05) is 0 Å². The zero-order valence-corrected chi connectivity index (χ0v) is 13.1. The van der Waals surface area contributed by atoms with Crippen molar-refractivity contribution in [1.29, 1.82) is 0 Å². The van der Waals surface area contributed by atoms with E-state index in [1.54, 1.807) is 42.5 Å². The predicted octanol–water partition coefficient (Wildman–Crippen LogP) is 4.77. The van der Waals surface area contributed by atoms with Crippen molar-refractivity contribution < 1.29 is 14.3 Å². The molecule has 0 bridgehead atoms. The largest absolute Gasteiger partial charge is 0.482 e. The summed E-state index contributed by atoms with van der Waals surface area (Å²) in [5.74, 6) is 0.0526. The van der Waals surface area contributed by atoms with Crippen LogP contribution >= 0.6 is 34.8 Å². The Bertz CT molecular complexity index is 627. The van der Waals surface area contributed by atoms with Gasteiger partial charge in [-0.15, -0.1) is 0 Å².